The molecule has 1 heterocycles. The summed E-state index contributed by atoms with van der Waals surface area (Å²) in [5, 5.41) is 0.852. The van der Waals surface area contributed by atoms with Gasteiger partial charge in [0.2, 0.25) is 11.6 Å². The lowest BCUT2D eigenvalue weighted by atomic mass is 10.0. The van der Waals surface area contributed by atoms with Crippen LogP contribution in [0.15, 0.2) is 54.7 Å². The molecule has 0 aliphatic rings. The molecule has 42 heavy (non-hydrogen) atoms. The topological polar surface area (TPSA) is 107 Å². The van der Waals surface area contributed by atoms with E-state index in [4.69, 9.17) is 56.4 Å². The molecule has 0 saturated heterocycles. The van der Waals surface area contributed by atoms with E-state index in [1.807, 2.05) is 0 Å². The molecule has 0 N–H and O–H groups in total. The Morgan fingerprint density at radius 2 is 1.21 bits per heavy atom. The highest BCUT2D eigenvalue weighted by Gasteiger charge is 2.23. The zero-order valence-corrected chi connectivity index (χ0v) is 25.0. The molecule has 10 nitrogen and oxygen atoms in total. The number of carbonyl (C=O) groups is 1. The molecule has 0 fully saturated rings. The van der Waals surface area contributed by atoms with Crippen molar-refractivity contribution in [1.29, 1.82) is 0 Å². The van der Waals surface area contributed by atoms with E-state index < -0.39 is 5.78 Å². The van der Waals surface area contributed by atoms with Crippen molar-refractivity contribution in [3.8, 4) is 40.6 Å². The van der Waals surface area contributed by atoms with Crippen molar-refractivity contribution in [2.45, 2.75) is 13.2 Å². The van der Waals surface area contributed by atoms with Gasteiger partial charge in [0.1, 0.15) is 30.3 Å². The second kappa shape index (κ2) is 14.0. The second-order valence-electron chi connectivity index (χ2n) is 8.63. The summed E-state index contributed by atoms with van der Waals surface area (Å²) in [6, 6.07) is 13.5. The minimum atomic E-state index is -0.439. The van der Waals surface area contributed by atoms with E-state index in [0.29, 0.717) is 38.8 Å². The molecule has 0 atom stereocenters. The molecule has 0 aliphatic heterocycles. The molecule has 12 heteroatoms. The fourth-order valence-corrected chi connectivity index (χ4v) is 4.51. The Hall–Kier alpha value is -4.41. The van der Waals surface area contributed by atoms with Crippen LogP contribution < -0.4 is 33.2 Å². The zero-order valence-electron chi connectivity index (χ0n) is 23.5. The summed E-state index contributed by atoms with van der Waals surface area (Å²) in [6.07, 6.45) is 1.34. The van der Waals surface area contributed by atoms with Gasteiger partial charge in [-0.2, -0.15) is 4.98 Å². The zero-order chi connectivity index (χ0) is 30.2. The molecular formula is C30H28Cl2N2O8. The molecule has 220 valence electrons. The van der Waals surface area contributed by atoms with Crippen molar-refractivity contribution in [3.63, 3.8) is 0 Å². The maximum atomic E-state index is 13.7. The van der Waals surface area contributed by atoms with E-state index in [1.165, 1.54) is 53.9 Å². The van der Waals surface area contributed by atoms with Gasteiger partial charge in [-0.15, -0.1) is 0 Å². The summed E-state index contributed by atoms with van der Waals surface area (Å²) in [5.41, 5.74) is 1.81. The van der Waals surface area contributed by atoms with Crippen LogP contribution in [-0.4, -0.2) is 51.3 Å². The first-order valence-corrected chi connectivity index (χ1v) is 13.2. The van der Waals surface area contributed by atoms with Crippen molar-refractivity contribution in [1.82, 2.24) is 9.97 Å². The Kier molecular flexibility index (Phi) is 10.2. The van der Waals surface area contributed by atoms with Crippen LogP contribution in [0.4, 0.5) is 0 Å². The van der Waals surface area contributed by atoms with Gasteiger partial charge < -0.3 is 33.2 Å². The molecule has 0 saturated carbocycles. The first-order chi connectivity index (χ1) is 20.3. The van der Waals surface area contributed by atoms with E-state index in [1.54, 1.807) is 36.4 Å². The van der Waals surface area contributed by atoms with E-state index >= 15 is 0 Å². The summed E-state index contributed by atoms with van der Waals surface area (Å²) >= 11 is 12.5. The van der Waals surface area contributed by atoms with Gasteiger partial charge in [0, 0.05) is 11.8 Å². The van der Waals surface area contributed by atoms with Gasteiger partial charge >= 0.3 is 6.01 Å². The molecule has 4 aromatic rings. The summed E-state index contributed by atoms with van der Waals surface area (Å²) in [7, 11) is 7.47. The highest BCUT2D eigenvalue weighted by molar-refractivity contribution is 6.32. The van der Waals surface area contributed by atoms with Crippen LogP contribution in [0, 0.1) is 0 Å². The van der Waals surface area contributed by atoms with Crippen molar-refractivity contribution in [2.75, 3.05) is 35.5 Å². The summed E-state index contributed by atoms with van der Waals surface area (Å²) in [4.78, 5) is 22.4. The fraction of sp³-hybridized carbons (Fsp3) is 0.233. The smallest absolute Gasteiger partial charge is 0.320 e. The predicted octanol–water partition coefficient (Wildman–Crippen LogP) is 6.22. The van der Waals surface area contributed by atoms with Crippen molar-refractivity contribution in [3.05, 3.63) is 87.0 Å². The Morgan fingerprint density at radius 3 is 1.69 bits per heavy atom. The van der Waals surface area contributed by atoms with Gasteiger partial charge in [0.15, 0.2) is 17.3 Å². The Balaban J connectivity index is 1.66. The number of benzene rings is 3. The van der Waals surface area contributed by atoms with Gasteiger partial charge in [-0.3, -0.25) is 4.79 Å². The fourth-order valence-electron chi connectivity index (χ4n) is 3.95. The number of halogens is 2. The predicted molar refractivity (Wildman–Crippen MR) is 156 cm³/mol. The quantitative estimate of drug-likeness (QED) is 0.161. The van der Waals surface area contributed by atoms with Crippen LogP contribution >= 0.6 is 23.2 Å². The molecular weight excluding hydrogens is 587 g/mol. The standard InChI is InChI=1S/C30H28Cl2N2O8/c1-36-23-8-6-17(10-21(23)31)15-41-29-20(27(35)19-12-25(38-3)28(40-5)26(13-19)39-4)14-33-30(34-29)42-16-18-7-9-24(37-2)22(32)11-18/h6-14H,15-16H2,1-5H3. The lowest BCUT2D eigenvalue weighted by Crippen LogP contribution is -2.11. The van der Waals surface area contributed by atoms with Crippen LogP contribution in [0.1, 0.15) is 27.0 Å². The van der Waals surface area contributed by atoms with Gasteiger partial charge in [-0.1, -0.05) is 35.3 Å². The van der Waals surface area contributed by atoms with Crippen molar-refractivity contribution in [2.24, 2.45) is 0 Å². The van der Waals surface area contributed by atoms with Crippen molar-refractivity contribution < 1.29 is 38.0 Å². The highest BCUT2D eigenvalue weighted by Crippen LogP contribution is 2.39. The SMILES string of the molecule is COc1ccc(COc2ncc(C(=O)c3cc(OC)c(OC)c(OC)c3)c(OCc3ccc(OC)c(Cl)c3)n2)cc1Cl. The summed E-state index contributed by atoms with van der Waals surface area (Å²) in [6.45, 7) is 0.154. The molecule has 1 aromatic heterocycles. The largest absolute Gasteiger partial charge is 0.495 e. The third-order valence-electron chi connectivity index (χ3n) is 6.08. The second-order valence-corrected chi connectivity index (χ2v) is 9.44. The number of carbonyl (C=O) groups excluding carboxylic acids is 1. The average Bonchev–Trinajstić information content (AvgIpc) is 3.01. The van der Waals surface area contributed by atoms with Gasteiger partial charge in [0.05, 0.1) is 45.6 Å². The van der Waals surface area contributed by atoms with Crippen molar-refractivity contribution >= 4 is 29.0 Å². The lowest BCUT2D eigenvalue weighted by molar-refractivity contribution is 0.103. The van der Waals surface area contributed by atoms with E-state index in [0.717, 1.165) is 11.1 Å². The maximum absolute atomic E-state index is 13.7. The van der Waals surface area contributed by atoms with Gasteiger partial charge in [0.25, 0.3) is 0 Å². The third-order valence-corrected chi connectivity index (χ3v) is 6.67. The van der Waals surface area contributed by atoms with Crippen LogP contribution in [0.3, 0.4) is 0 Å². The lowest BCUT2D eigenvalue weighted by Gasteiger charge is -2.15. The molecule has 3 aromatic carbocycles. The van der Waals surface area contributed by atoms with Gasteiger partial charge in [-0.25, -0.2) is 4.98 Å². The monoisotopic (exact) mass is 614 g/mol. The van der Waals surface area contributed by atoms with Crippen LogP contribution in [-0.2, 0) is 13.2 Å². The van der Waals surface area contributed by atoms with Crippen LogP contribution in [0.25, 0.3) is 0 Å². The van der Waals surface area contributed by atoms with Crippen LogP contribution in [0.2, 0.25) is 10.0 Å². The number of rotatable bonds is 13. The third kappa shape index (κ3) is 6.89. The highest BCUT2D eigenvalue weighted by atomic mass is 35.5. The maximum Gasteiger partial charge on any atom is 0.320 e. The Labute approximate surface area is 253 Å². The molecule has 0 bridgehead atoms. The first-order valence-electron chi connectivity index (χ1n) is 12.4. The normalized spacial score (nSPS) is 10.5. The summed E-state index contributed by atoms with van der Waals surface area (Å²) in [5.74, 6) is 1.60. The molecule has 0 unspecified atom stereocenters. The Morgan fingerprint density at radius 1 is 0.690 bits per heavy atom. The number of aromatic nitrogens is 2. The Bertz CT molecular complexity index is 1560. The molecule has 0 radical (unpaired) electrons. The van der Waals surface area contributed by atoms with E-state index in [-0.39, 0.29) is 36.2 Å². The van der Waals surface area contributed by atoms with E-state index in [2.05, 4.69) is 9.97 Å². The number of ether oxygens (including phenoxy) is 7. The minimum Gasteiger partial charge on any atom is -0.495 e. The number of hydrogen-bond acceptors (Lipinski definition) is 10. The number of methoxy groups -OCH3 is 5. The molecule has 0 spiro atoms. The minimum absolute atomic E-state index is 0.00143. The number of ketones is 1. The molecule has 4 rings (SSSR count). The van der Waals surface area contributed by atoms with Crippen LogP contribution in [0.5, 0.6) is 40.6 Å². The number of nitrogens with zero attached hydrogens (tertiary/aromatic N) is 2. The summed E-state index contributed by atoms with van der Waals surface area (Å²) < 4.78 is 38.4. The molecule has 0 aliphatic carbocycles. The molecule has 0 amide bonds. The van der Waals surface area contributed by atoms with Gasteiger partial charge in [-0.05, 0) is 47.5 Å². The average molecular weight is 615 g/mol. The first kappa shape index (κ1) is 30.5. The van der Waals surface area contributed by atoms with E-state index in [9.17, 15) is 4.79 Å². The number of hydrogen-bond donors (Lipinski definition) is 0.